The minimum absolute atomic E-state index is 0.0308. The van der Waals surface area contributed by atoms with Crippen molar-refractivity contribution in [3.8, 4) is 0 Å². The molecule has 0 radical (unpaired) electrons. The highest BCUT2D eigenvalue weighted by atomic mass is 16.3. The van der Waals surface area contributed by atoms with E-state index in [1.54, 1.807) is 12.1 Å². The second-order valence-corrected chi connectivity index (χ2v) is 5.51. The zero-order valence-corrected chi connectivity index (χ0v) is 11.9. The van der Waals surface area contributed by atoms with E-state index in [1.165, 1.54) is 30.2 Å². The molecule has 0 aliphatic heterocycles. The summed E-state index contributed by atoms with van der Waals surface area (Å²) in [6, 6.07) is 9.28. The monoisotopic (exact) mass is 282 g/mol. The number of benzene rings is 1. The molecule has 1 aliphatic rings. The Labute approximate surface area is 124 Å². The molecule has 3 nitrogen and oxygen atoms in total. The van der Waals surface area contributed by atoms with E-state index in [0.29, 0.717) is 5.76 Å². The van der Waals surface area contributed by atoms with E-state index >= 15 is 0 Å². The molecule has 1 aromatic carbocycles. The Bertz CT molecular complexity index is 653. The van der Waals surface area contributed by atoms with E-state index < -0.39 is 0 Å². The first-order valence-electron chi connectivity index (χ1n) is 7.46. The van der Waals surface area contributed by atoms with Crippen LogP contribution in [0.3, 0.4) is 0 Å². The van der Waals surface area contributed by atoms with Crippen LogP contribution >= 0.6 is 0 Å². The number of Topliss-reactive ketones (excluding diaryl/α,β-unsaturated/α-hetero) is 2. The molecule has 0 amide bonds. The van der Waals surface area contributed by atoms with Crippen LogP contribution in [0.5, 0.6) is 0 Å². The first-order valence-corrected chi connectivity index (χ1v) is 7.46. The van der Waals surface area contributed by atoms with E-state index in [4.69, 9.17) is 4.42 Å². The minimum atomic E-state index is -0.119. The number of aryl methyl sites for hydroxylation is 2. The van der Waals surface area contributed by atoms with Crippen molar-refractivity contribution < 1.29 is 14.0 Å². The molecule has 0 unspecified atom stereocenters. The summed E-state index contributed by atoms with van der Waals surface area (Å²) in [6.45, 7) is 0. The smallest absolute Gasteiger partial charge is 0.198 e. The highest BCUT2D eigenvalue weighted by molar-refractivity contribution is 6.01. The van der Waals surface area contributed by atoms with Crippen molar-refractivity contribution in [2.75, 3.05) is 0 Å². The second-order valence-electron chi connectivity index (χ2n) is 5.51. The normalized spacial score (nSPS) is 13.7. The lowest BCUT2D eigenvalue weighted by atomic mass is 9.89. The third-order valence-electron chi connectivity index (χ3n) is 4.05. The number of carbonyl (C=O) groups is 2. The van der Waals surface area contributed by atoms with Crippen molar-refractivity contribution in [3.05, 3.63) is 59.0 Å². The van der Waals surface area contributed by atoms with Crippen LogP contribution in [0.2, 0.25) is 0 Å². The molecule has 0 atom stereocenters. The summed E-state index contributed by atoms with van der Waals surface area (Å²) >= 11 is 0. The van der Waals surface area contributed by atoms with Crippen LogP contribution in [0, 0.1) is 0 Å². The largest absolute Gasteiger partial charge is 0.461 e. The summed E-state index contributed by atoms with van der Waals surface area (Å²) in [7, 11) is 0. The SMILES string of the molecule is O=C(CCC(=O)c1ccco1)c1ccc2c(c1)CCCC2. The number of hydrogen-bond donors (Lipinski definition) is 0. The number of carbonyl (C=O) groups excluding carboxylic acids is 2. The van der Waals surface area contributed by atoms with Gasteiger partial charge in [0.25, 0.3) is 0 Å². The van der Waals surface area contributed by atoms with Gasteiger partial charge in [0.2, 0.25) is 0 Å². The molecular weight excluding hydrogens is 264 g/mol. The Morgan fingerprint density at radius 1 is 0.952 bits per heavy atom. The molecular formula is C18H18O3. The molecule has 0 N–H and O–H groups in total. The average Bonchev–Trinajstić information content (AvgIpc) is 3.06. The molecule has 0 bridgehead atoms. The first-order chi connectivity index (χ1) is 10.2. The zero-order valence-electron chi connectivity index (χ0n) is 11.9. The van der Waals surface area contributed by atoms with Crippen LogP contribution in [-0.2, 0) is 12.8 Å². The van der Waals surface area contributed by atoms with E-state index in [1.807, 2.05) is 12.1 Å². The topological polar surface area (TPSA) is 47.3 Å². The van der Waals surface area contributed by atoms with Crippen molar-refractivity contribution >= 4 is 11.6 Å². The number of hydrogen-bond acceptors (Lipinski definition) is 3. The van der Waals surface area contributed by atoms with Gasteiger partial charge in [-0.15, -0.1) is 0 Å². The van der Waals surface area contributed by atoms with E-state index in [-0.39, 0.29) is 24.4 Å². The highest BCUT2D eigenvalue weighted by Gasteiger charge is 2.15. The molecule has 1 heterocycles. The van der Waals surface area contributed by atoms with Crippen molar-refractivity contribution in [1.82, 2.24) is 0 Å². The fourth-order valence-corrected chi connectivity index (χ4v) is 2.84. The third-order valence-corrected chi connectivity index (χ3v) is 4.05. The van der Waals surface area contributed by atoms with E-state index in [2.05, 4.69) is 6.07 Å². The minimum Gasteiger partial charge on any atom is -0.461 e. The van der Waals surface area contributed by atoms with Gasteiger partial charge in [0.15, 0.2) is 17.3 Å². The molecule has 2 aromatic rings. The highest BCUT2D eigenvalue weighted by Crippen LogP contribution is 2.23. The molecule has 0 saturated carbocycles. The Morgan fingerprint density at radius 3 is 2.48 bits per heavy atom. The summed E-state index contributed by atoms with van der Waals surface area (Å²) < 4.78 is 5.05. The van der Waals surface area contributed by atoms with Gasteiger partial charge in [-0.05, 0) is 55.0 Å². The van der Waals surface area contributed by atoms with Crippen LogP contribution in [-0.4, -0.2) is 11.6 Å². The Hall–Kier alpha value is -2.16. The lowest BCUT2D eigenvalue weighted by Gasteiger charge is -2.16. The third kappa shape index (κ3) is 3.13. The van der Waals surface area contributed by atoms with Gasteiger partial charge in [-0.2, -0.15) is 0 Å². The van der Waals surface area contributed by atoms with Gasteiger partial charge in [-0.3, -0.25) is 9.59 Å². The summed E-state index contributed by atoms with van der Waals surface area (Å²) in [4.78, 5) is 24.0. The van der Waals surface area contributed by atoms with Gasteiger partial charge in [-0.1, -0.05) is 12.1 Å². The molecule has 0 saturated heterocycles. The number of rotatable bonds is 5. The number of ketones is 2. The molecule has 0 fully saturated rings. The standard InChI is InChI=1S/C18H18O3/c19-16(9-10-17(20)18-6-3-11-21-18)15-8-7-13-4-1-2-5-14(13)12-15/h3,6-8,11-12H,1-2,4-5,9-10H2. The lowest BCUT2D eigenvalue weighted by Crippen LogP contribution is -2.08. The maximum Gasteiger partial charge on any atom is 0.198 e. The maximum absolute atomic E-state index is 12.2. The zero-order chi connectivity index (χ0) is 14.7. The Kier molecular flexibility index (Phi) is 4.00. The number of fused-ring (bicyclic) bond motifs is 1. The fraction of sp³-hybridized carbons (Fsp3) is 0.333. The van der Waals surface area contributed by atoms with Crippen molar-refractivity contribution in [3.63, 3.8) is 0 Å². The van der Waals surface area contributed by atoms with Crippen molar-refractivity contribution in [1.29, 1.82) is 0 Å². The quantitative estimate of drug-likeness (QED) is 0.779. The lowest BCUT2D eigenvalue weighted by molar-refractivity contribution is 0.0902. The maximum atomic E-state index is 12.2. The van der Waals surface area contributed by atoms with E-state index in [9.17, 15) is 9.59 Å². The Morgan fingerprint density at radius 2 is 1.71 bits per heavy atom. The van der Waals surface area contributed by atoms with Crippen LogP contribution < -0.4 is 0 Å². The second kappa shape index (κ2) is 6.08. The average molecular weight is 282 g/mol. The molecule has 108 valence electrons. The summed E-state index contributed by atoms with van der Waals surface area (Å²) in [5.41, 5.74) is 3.39. The molecule has 3 rings (SSSR count). The van der Waals surface area contributed by atoms with Crippen LogP contribution in [0.15, 0.2) is 41.0 Å². The van der Waals surface area contributed by atoms with Gasteiger partial charge >= 0.3 is 0 Å². The van der Waals surface area contributed by atoms with Gasteiger partial charge < -0.3 is 4.42 Å². The van der Waals surface area contributed by atoms with Gasteiger partial charge in [0.1, 0.15) is 0 Å². The molecule has 3 heteroatoms. The predicted molar refractivity (Wildman–Crippen MR) is 79.7 cm³/mol. The molecule has 1 aliphatic carbocycles. The molecule has 21 heavy (non-hydrogen) atoms. The van der Waals surface area contributed by atoms with Crippen LogP contribution in [0.25, 0.3) is 0 Å². The Balaban J connectivity index is 1.64. The van der Waals surface area contributed by atoms with Gasteiger partial charge in [0, 0.05) is 18.4 Å². The summed E-state index contributed by atoms with van der Waals surface area (Å²) in [6.07, 6.45) is 6.50. The van der Waals surface area contributed by atoms with Gasteiger partial charge in [0.05, 0.1) is 6.26 Å². The van der Waals surface area contributed by atoms with Crippen LogP contribution in [0.4, 0.5) is 0 Å². The fourth-order valence-electron chi connectivity index (χ4n) is 2.84. The van der Waals surface area contributed by atoms with Crippen molar-refractivity contribution in [2.24, 2.45) is 0 Å². The van der Waals surface area contributed by atoms with Crippen molar-refractivity contribution in [2.45, 2.75) is 38.5 Å². The van der Waals surface area contributed by atoms with E-state index in [0.717, 1.165) is 18.4 Å². The number of furan rings is 1. The predicted octanol–water partition coefficient (Wildman–Crippen LogP) is 4.00. The van der Waals surface area contributed by atoms with Crippen LogP contribution in [0.1, 0.15) is 57.7 Å². The molecule has 0 spiro atoms. The summed E-state index contributed by atoms with van der Waals surface area (Å²) in [5.74, 6) is 0.239. The van der Waals surface area contributed by atoms with Gasteiger partial charge in [-0.25, -0.2) is 0 Å². The first kappa shape index (κ1) is 13.8. The molecule has 1 aromatic heterocycles. The summed E-state index contributed by atoms with van der Waals surface area (Å²) in [5, 5.41) is 0.